The Morgan fingerprint density at radius 1 is 1.31 bits per heavy atom. The Morgan fingerprint density at radius 3 is 2.50 bits per heavy atom. The summed E-state index contributed by atoms with van der Waals surface area (Å²) in [5, 5.41) is 0. The average molecular weight is 225 g/mol. The summed E-state index contributed by atoms with van der Waals surface area (Å²) >= 11 is 0. The van der Waals surface area contributed by atoms with E-state index < -0.39 is 0 Å². The molecule has 0 saturated carbocycles. The van der Waals surface area contributed by atoms with Gasteiger partial charge >= 0.3 is 0 Å². The standard InChI is InChI=1S/C13H20FNO/c1-9(2)6-7-16-11-4-5-12(10(3)15)13(14)8-11/h4-5,8-10H,6-7,15H2,1-3H3. The molecule has 90 valence electrons. The van der Waals surface area contributed by atoms with Crippen LogP contribution in [0.1, 0.15) is 38.8 Å². The maximum Gasteiger partial charge on any atom is 0.131 e. The Kier molecular flexibility index (Phi) is 4.74. The molecule has 1 aromatic rings. The first-order valence-corrected chi connectivity index (χ1v) is 5.68. The van der Waals surface area contributed by atoms with Crippen molar-refractivity contribution in [3.8, 4) is 5.75 Å². The molecule has 2 nitrogen and oxygen atoms in total. The minimum absolute atomic E-state index is 0.287. The fourth-order valence-corrected chi connectivity index (χ4v) is 1.38. The van der Waals surface area contributed by atoms with Gasteiger partial charge in [-0.05, 0) is 25.3 Å². The monoisotopic (exact) mass is 225 g/mol. The fraction of sp³-hybridized carbons (Fsp3) is 0.538. The van der Waals surface area contributed by atoms with Gasteiger partial charge in [-0.1, -0.05) is 19.9 Å². The van der Waals surface area contributed by atoms with Crippen LogP contribution in [0.25, 0.3) is 0 Å². The molecule has 1 unspecified atom stereocenters. The first-order valence-electron chi connectivity index (χ1n) is 5.68. The molecule has 0 amide bonds. The summed E-state index contributed by atoms with van der Waals surface area (Å²) in [4.78, 5) is 0. The molecule has 16 heavy (non-hydrogen) atoms. The van der Waals surface area contributed by atoms with E-state index in [4.69, 9.17) is 10.5 Å². The van der Waals surface area contributed by atoms with Gasteiger partial charge in [-0.2, -0.15) is 0 Å². The highest BCUT2D eigenvalue weighted by Gasteiger charge is 2.08. The highest BCUT2D eigenvalue weighted by Crippen LogP contribution is 2.20. The van der Waals surface area contributed by atoms with Crippen molar-refractivity contribution >= 4 is 0 Å². The Labute approximate surface area is 96.6 Å². The first kappa shape index (κ1) is 13.0. The lowest BCUT2D eigenvalue weighted by molar-refractivity contribution is 0.288. The van der Waals surface area contributed by atoms with Gasteiger partial charge in [0.2, 0.25) is 0 Å². The number of hydrogen-bond donors (Lipinski definition) is 1. The Hall–Kier alpha value is -1.09. The smallest absolute Gasteiger partial charge is 0.131 e. The summed E-state index contributed by atoms with van der Waals surface area (Å²) < 4.78 is 19.0. The van der Waals surface area contributed by atoms with Crippen molar-refractivity contribution in [1.29, 1.82) is 0 Å². The molecule has 0 fully saturated rings. The SMILES string of the molecule is CC(C)CCOc1ccc(C(C)N)c(F)c1. The third-order valence-electron chi connectivity index (χ3n) is 2.43. The quantitative estimate of drug-likeness (QED) is 0.834. The minimum Gasteiger partial charge on any atom is -0.493 e. The molecular formula is C13H20FNO. The molecule has 1 aromatic carbocycles. The molecule has 1 atom stereocenters. The van der Waals surface area contributed by atoms with Crippen LogP contribution in [0.3, 0.4) is 0 Å². The van der Waals surface area contributed by atoms with E-state index in [0.29, 0.717) is 23.8 Å². The minimum atomic E-state index is -0.294. The van der Waals surface area contributed by atoms with Crippen molar-refractivity contribution < 1.29 is 9.13 Å². The topological polar surface area (TPSA) is 35.2 Å². The summed E-state index contributed by atoms with van der Waals surface area (Å²) in [7, 11) is 0. The molecule has 0 spiro atoms. The second kappa shape index (κ2) is 5.85. The number of ether oxygens (including phenoxy) is 1. The highest BCUT2D eigenvalue weighted by atomic mass is 19.1. The zero-order valence-corrected chi connectivity index (χ0v) is 10.2. The molecule has 2 N–H and O–H groups in total. The van der Waals surface area contributed by atoms with Crippen molar-refractivity contribution in [1.82, 2.24) is 0 Å². The summed E-state index contributed by atoms with van der Waals surface area (Å²) in [6.07, 6.45) is 0.969. The lowest BCUT2D eigenvalue weighted by atomic mass is 10.1. The zero-order chi connectivity index (χ0) is 12.1. The third kappa shape index (κ3) is 3.81. The largest absolute Gasteiger partial charge is 0.493 e. The maximum atomic E-state index is 13.5. The van der Waals surface area contributed by atoms with Crippen molar-refractivity contribution in [2.24, 2.45) is 11.7 Å². The fourth-order valence-electron chi connectivity index (χ4n) is 1.38. The molecule has 0 aliphatic rings. The molecule has 0 radical (unpaired) electrons. The number of rotatable bonds is 5. The predicted molar refractivity (Wildman–Crippen MR) is 64.0 cm³/mol. The van der Waals surface area contributed by atoms with Crippen molar-refractivity contribution in [3.63, 3.8) is 0 Å². The molecule has 0 bridgehead atoms. The molecule has 3 heteroatoms. The van der Waals surface area contributed by atoms with E-state index in [-0.39, 0.29) is 11.9 Å². The van der Waals surface area contributed by atoms with Crippen LogP contribution in [-0.2, 0) is 0 Å². The number of benzene rings is 1. The molecule has 0 aliphatic heterocycles. The molecule has 0 aromatic heterocycles. The van der Waals surface area contributed by atoms with Gasteiger partial charge in [0.1, 0.15) is 11.6 Å². The van der Waals surface area contributed by atoms with Gasteiger partial charge in [-0.25, -0.2) is 4.39 Å². The molecule has 0 aliphatic carbocycles. The van der Waals surface area contributed by atoms with Crippen molar-refractivity contribution in [2.75, 3.05) is 6.61 Å². The van der Waals surface area contributed by atoms with Crippen LogP contribution in [0.15, 0.2) is 18.2 Å². The lowest BCUT2D eigenvalue weighted by Gasteiger charge is -2.11. The van der Waals surface area contributed by atoms with Crippen LogP contribution in [0.2, 0.25) is 0 Å². The van der Waals surface area contributed by atoms with Crippen LogP contribution in [0.4, 0.5) is 4.39 Å². The van der Waals surface area contributed by atoms with Crippen LogP contribution >= 0.6 is 0 Å². The highest BCUT2D eigenvalue weighted by molar-refractivity contribution is 5.30. The van der Waals surface area contributed by atoms with Crippen LogP contribution < -0.4 is 10.5 Å². The predicted octanol–water partition coefficient (Wildman–Crippen LogP) is 3.27. The number of hydrogen-bond acceptors (Lipinski definition) is 2. The van der Waals surface area contributed by atoms with Gasteiger partial charge in [0.05, 0.1) is 6.61 Å². The Morgan fingerprint density at radius 2 is 2.00 bits per heavy atom. The zero-order valence-electron chi connectivity index (χ0n) is 10.2. The summed E-state index contributed by atoms with van der Waals surface area (Å²) in [6, 6.07) is 4.57. The van der Waals surface area contributed by atoms with E-state index in [1.807, 2.05) is 0 Å². The van der Waals surface area contributed by atoms with Crippen molar-refractivity contribution in [3.05, 3.63) is 29.6 Å². The molecular weight excluding hydrogens is 205 g/mol. The molecule has 1 rings (SSSR count). The van der Waals surface area contributed by atoms with E-state index in [0.717, 1.165) is 6.42 Å². The van der Waals surface area contributed by atoms with Gasteiger partial charge in [-0.15, -0.1) is 0 Å². The van der Waals surface area contributed by atoms with E-state index >= 15 is 0 Å². The summed E-state index contributed by atoms with van der Waals surface area (Å²) in [5.41, 5.74) is 6.15. The second-order valence-corrected chi connectivity index (χ2v) is 4.50. The maximum absolute atomic E-state index is 13.5. The Balaban J connectivity index is 2.59. The number of nitrogens with two attached hydrogens (primary N) is 1. The van der Waals surface area contributed by atoms with Gasteiger partial charge < -0.3 is 10.5 Å². The lowest BCUT2D eigenvalue weighted by Crippen LogP contribution is -2.08. The average Bonchev–Trinajstić information content (AvgIpc) is 2.16. The number of halogens is 1. The van der Waals surface area contributed by atoms with Crippen LogP contribution in [0.5, 0.6) is 5.75 Å². The van der Waals surface area contributed by atoms with Crippen LogP contribution in [0, 0.1) is 11.7 Å². The second-order valence-electron chi connectivity index (χ2n) is 4.50. The van der Waals surface area contributed by atoms with Gasteiger partial charge in [0.15, 0.2) is 0 Å². The summed E-state index contributed by atoms with van der Waals surface area (Å²) in [6.45, 7) is 6.64. The Bertz CT molecular complexity index is 337. The van der Waals surface area contributed by atoms with Gasteiger partial charge in [0.25, 0.3) is 0 Å². The van der Waals surface area contributed by atoms with E-state index in [1.54, 1.807) is 19.1 Å². The third-order valence-corrected chi connectivity index (χ3v) is 2.43. The molecule has 0 heterocycles. The summed E-state index contributed by atoms with van der Waals surface area (Å²) in [5.74, 6) is 0.868. The van der Waals surface area contributed by atoms with E-state index in [1.165, 1.54) is 6.07 Å². The normalized spacial score (nSPS) is 12.9. The van der Waals surface area contributed by atoms with E-state index in [9.17, 15) is 4.39 Å². The van der Waals surface area contributed by atoms with Crippen LogP contribution in [-0.4, -0.2) is 6.61 Å². The van der Waals surface area contributed by atoms with Crippen molar-refractivity contribution in [2.45, 2.75) is 33.2 Å². The van der Waals surface area contributed by atoms with Gasteiger partial charge in [-0.3, -0.25) is 0 Å². The van der Waals surface area contributed by atoms with Gasteiger partial charge in [0, 0.05) is 17.7 Å². The van der Waals surface area contributed by atoms with E-state index in [2.05, 4.69) is 13.8 Å². The first-order chi connectivity index (χ1) is 7.50. The molecule has 0 saturated heterocycles.